The normalized spacial score (nSPS) is 29.3. The average Bonchev–Trinajstić information content (AvgIpc) is 2.82. The highest BCUT2D eigenvalue weighted by molar-refractivity contribution is 5.76. The van der Waals surface area contributed by atoms with Crippen molar-refractivity contribution in [1.29, 1.82) is 0 Å². The van der Waals surface area contributed by atoms with Gasteiger partial charge in [0.1, 0.15) is 11.6 Å². The number of methoxy groups -OCH3 is 1. The van der Waals surface area contributed by atoms with Crippen LogP contribution in [0.25, 0.3) is 0 Å². The van der Waals surface area contributed by atoms with Crippen molar-refractivity contribution in [2.75, 3.05) is 33.8 Å². The summed E-state index contributed by atoms with van der Waals surface area (Å²) in [4.78, 5) is 28.6. The zero-order chi connectivity index (χ0) is 17.9. The largest absolute Gasteiger partial charge is 0.468 e. The van der Waals surface area contributed by atoms with E-state index in [9.17, 15) is 9.59 Å². The second-order valence-corrected chi connectivity index (χ2v) is 7.86. The predicted octanol–water partition coefficient (Wildman–Crippen LogP) is 1.22. The molecule has 0 aromatic carbocycles. The molecule has 2 rings (SSSR count). The fourth-order valence-corrected chi connectivity index (χ4v) is 3.63. The lowest BCUT2D eigenvalue weighted by atomic mass is 10.1. The van der Waals surface area contributed by atoms with Gasteiger partial charge in [0.05, 0.1) is 13.2 Å². The summed E-state index contributed by atoms with van der Waals surface area (Å²) in [6.45, 7) is 7.85. The van der Waals surface area contributed by atoms with Crippen LogP contribution in [0.4, 0.5) is 4.79 Å². The molecule has 2 aliphatic heterocycles. The van der Waals surface area contributed by atoms with Crippen LogP contribution in [0.2, 0.25) is 0 Å². The van der Waals surface area contributed by atoms with E-state index in [4.69, 9.17) is 9.47 Å². The Bertz CT molecular complexity index is 463. The number of alkyl carbamates (subject to hydrolysis) is 1. The number of ether oxygens (including phenoxy) is 2. The average molecular weight is 341 g/mol. The van der Waals surface area contributed by atoms with Gasteiger partial charge < -0.3 is 19.7 Å². The molecule has 2 fully saturated rings. The predicted molar refractivity (Wildman–Crippen MR) is 90.8 cm³/mol. The number of esters is 1. The van der Waals surface area contributed by atoms with E-state index >= 15 is 0 Å². The van der Waals surface area contributed by atoms with Gasteiger partial charge >= 0.3 is 12.1 Å². The molecule has 7 heteroatoms. The molecule has 0 aromatic rings. The molecular weight excluding hydrogens is 310 g/mol. The smallest absolute Gasteiger partial charge is 0.407 e. The number of amides is 1. The minimum atomic E-state index is -0.525. The van der Waals surface area contributed by atoms with Crippen LogP contribution < -0.4 is 5.32 Å². The van der Waals surface area contributed by atoms with Gasteiger partial charge in [0.2, 0.25) is 0 Å². The van der Waals surface area contributed by atoms with Crippen molar-refractivity contribution in [3.63, 3.8) is 0 Å². The summed E-state index contributed by atoms with van der Waals surface area (Å²) in [5.74, 6) is -0.178. The van der Waals surface area contributed by atoms with Gasteiger partial charge in [0.25, 0.3) is 0 Å². The Morgan fingerprint density at radius 1 is 1.12 bits per heavy atom. The van der Waals surface area contributed by atoms with Crippen LogP contribution in [0.5, 0.6) is 0 Å². The van der Waals surface area contributed by atoms with E-state index < -0.39 is 11.7 Å². The van der Waals surface area contributed by atoms with E-state index in [0.29, 0.717) is 12.6 Å². The molecule has 24 heavy (non-hydrogen) atoms. The highest BCUT2D eigenvalue weighted by Gasteiger charge is 2.40. The van der Waals surface area contributed by atoms with Crippen LogP contribution in [-0.4, -0.2) is 79.4 Å². The van der Waals surface area contributed by atoms with Crippen molar-refractivity contribution in [2.45, 2.75) is 63.8 Å². The number of nitrogens with one attached hydrogen (secondary N) is 1. The van der Waals surface area contributed by atoms with Gasteiger partial charge in [-0.25, -0.2) is 4.79 Å². The minimum absolute atomic E-state index is 0.0853. The molecule has 0 unspecified atom stereocenters. The molecule has 0 aliphatic carbocycles. The Kier molecular flexibility index (Phi) is 6.09. The van der Waals surface area contributed by atoms with E-state index in [0.717, 1.165) is 32.4 Å². The maximum absolute atomic E-state index is 12.1. The van der Waals surface area contributed by atoms with Crippen LogP contribution >= 0.6 is 0 Å². The zero-order valence-electron chi connectivity index (χ0n) is 15.5. The summed E-state index contributed by atoms with van der Waals surface area (Å²) < 4.78 is 10.3. The van der Waals surface area contributed by atoms with E-state index in [2.05, 4.69) is 22.2 Å². The molecule has 3 atom stereocenters. The maximum atomic E-state index is 12.1. The number of nitrogens with zero attached hydrogens (tertiary/aromatic N) is 2. The fourth-order valence-electron chi connectivity index (χ4n) is 3.63. The molecule has 0 saturated carbocycles. The molecule has 7 nitrogen and oxygen atoms in total. The summed E-state index contributed by atoms with van der Waals surface area (Å²) >= 11 is 0. The van der Waals surface area contributed by atoms with Crippen LogP contribution in [0.3, 0.4) is 0 Å². The highest BCUT2D eigenvalue weighted by atomic mass is 16.6. The Balaban J connectivity index is 2.06. The van der Waals surface area contributed by atoms with Gasteiger partial charge in [-0.2, -0.15) is 0 Å². The third-order valence-electron chi connectivity index (χ3n) is 4.64. The van der Waals surface area contributed by atoms with Gasteiger partial charge in [-0.1, -0.05) is 0 Å². The SMILES string of the molecule is COC(=O)[C@@H]1CC[C@@H]2CCN(C)C[C@H](NC(=O)OC(C)(C)C)CN21. The first kappa shape index (κ1) is 19.0. The fraction of sp³-hybridized carbons (Fsp3) is 0.882. The van der Waals surface area contributed by atoms with Gasteiger partial charge in [-0.05, 0) is 53.6 Å². The number of carbonyl (C=O) groups excluding carboxylic acids is 2. The molecule has 138 valence electrons. The van der Waals surface area contributed by atoms with Crippen molar-refractivity contribution < 1.29 is 19.1 Å². The number of likely N-dealkylation sites (N-methyl/N-ethyl adjacent to an activating group) is 1. The Labute approximate surface area is 144 Å². The summed E-state index contributed by atoms with van der Waals surface area (Å²) in [6.07, 6.45) is 2.43. The molecule has 1 amide bonds. The summed E-state index contributed by atoms with van der Waals surface area (Å²) in [5, 5.41) is 2.97. The quantitative estimate of drug-likeness (QED) is 0.762. The lowest BCUT2D eigenvalue weighted by molar-refractivity contribution is -0.146. The first-order valence-corrected chi connectivity index (χ1v) is 8.71. The first-order valence-electron chi connectivity index (χ1n) is 8.71. The minimum Gasteiger partial charge on any atom is -0.468 e. The third kappa shape index (κ3) is 5.08. The lowest BCUT2D eigenvalue weighted by Crippen LogP contribution is -2.56. The molecule has 0 radical (unpaired) electrons. The first-order chi connectivity index (χ1) is 11.2. The molecule has 1 N–H and O–H groups in total. The van der Waals surface area contributed by atoms with Crippen molar-refractivity contribution in [3.8, 4) is 0 Å². The Hall–Kier alpha value is -1.34. The number of hydrogen-bond acceptors (Lipinski definition) is 6. The van der Waals surface area contributed by atoms with Crippen molar-refractivity contribution in [3.05, 3.63) is 0 Å². The number of rotatable bonds is 2. The van der Waals surface area contributed by atoms with Crippen LogP contribution in [0, 0.1) is 0 Å². The van der Waals surface area contributed by atoms with E-state index in [1.165, 1.54) is 7.11 Å². The van der Waals surface area contributed by atoms with Crippen molar-refractivity contribution in [2.24, 2.45) is 0 Å². The van der Waals surface area contributed by atoms with E-state index in [1.807, 2.05) is 20.8 Å². The monoisotopic (exact) mass is 341 g/mol. The van der Waals surface area contributed by atoms with Crippen molar-refractivity contribution in [1.82, 2.24) is 15.1 Å². The summed E-state index contributed by atoms with van der Waals surface area (Å²) in [7, 11) is 3.50. The van der Waals surface area contributed by atoms with Gasteiger partial charge in [-0.3, -0.25) is 9.69 Å². The molecular formula is C17H31N3O4. The highest BCUT2D eigenvalue weighted by Crippen LogP contribution is 2.28. The third-order valence-corrected chi connectivity index (χ3v) is 4.64. The molecule has 2 aliphatic rings. The maximum Gasteiger partial charge on any atom is 0.407 e. The van der Waals surface area contributed by atoms with Gasteiger partial charge in [-0.15, -0.1) is 0 Å². The molecule has 2 saturated heterocycles. The topological polar surface area (TPSA) is 71.1 Å². The molecule has 2 heterocycles. The van der Waals surface area contributed by atoms with E-state index in [1.54, 1.807) is 0 Å². The van der Waals surface area contributed by atoms with Gasteiger partial charge in [0, 0.05) is 19.1 Å². The number of carbonyl (C=O) groups is 2. The van der Waals surface area contributed by atoms with Crippen LogP contribution in [0.15, 0.2) is 0 Å². The second-order valence-electron chi connectivity index (χ2n) is 7.86. The van der Waals surface area contributed by atoms with Crippen LogP contribution in [-0.2, 0) is 14.3 Å². The van der Waals surface area contributed by atoms with Gasteiger partial charge in [0.15, 0.2) is 0 Å². The zero-order valence-corrected chi connectivity index (χ0v) is 15.5. The van der Waals surface area contributed by atoms with Crippen molar-refractivity contribution >= 4 is 12.1 Å². The Morgan fingerprint density at radius 3 is 2.46 bits per heavy atom. The molecule has 0 aromatic heterocycles. The number of hydrogen-bond donors (Lipinski definition) is 1. The Morgan fingerprint density at radius 2 is 1.83 bits per heavy atom. The standard InChI is InChI=1S/C17H31N3O4/c1-17(2,3)24-16(22)18-12-10-19(4)9-8-13-6-7-14(15(21)23-5)20(13)11-12/h12-14H,6-11H2,1-5H3,(H,18,22)/t12-,13+,14-/m0/s1. The lowest BCUT2D eigenvalue weighted by Gasteiger charge is -2.37. The second kappa shape index (κ2) is 7.70. The van der Waals surface area contributed by atoms with Crippen LogP contribution in [0.1, 0.15) is 40.0 Å². The molecule has 0 bridgehead atoms. The summed E-state index contributed by atoms with van der Waals surface area (Å²) in [6, 6.07) is 0.0732. The molecule has 0 spiro atoms. The van der Waals surface area contributed by atoms with E-state index in [-0.39, 0.29) is 18.1 Å². The number of fused-ring (bicyclic) bond motifs is 1. The summed E-state index contributed by atoms with van der Waals surface area (Å²) in [5.41, 5.74) is -0.525.